The molecule has 0 heterocycles. The number of amides is 1. The minimum Gasteiger partial charge on any atom is -0.461 e. The van der Waals surface area contributed by atoms with E-state index in [0.29, 0.717) is 11.1 Å². The summed E-state index contributed by atoms with van der Waals surface area (Å²) in [7, 11) is 0. The molecule has 1 N–H and O–H groups in total. The van der Waals surface area contributed by atoms with Gasteiger partial charge in [0.25, 0.3) is 5.91 Å². The van der Waals surface area contributed by atoms with Crippen molar-refractivity contribution in [2.24, 2.45) is 5.10 Å². The average Bonchev–Trinajstić information content (AvgIpc) is 2.65. The van der Waals surface area contributed by atoms with Gasteiger partial charge in [0.05, 0.1) is 13.0 Å². The van der Waals surface area contributed by atoms with Gasteiger partial charge in [0.2, 0.25) is 0 Å². The Labute approximate surface area is 158 Å². The Kier molecular flexibility index (Phi) is 7.00. The molecule has 2 rings (SSSR count). The summed E-state index contributed by atoms with van der Waals surface area (Å²) in [5.41, 5.74) is 5.00. The van der Waals surface area contributed by atoms with Crippen molar-refractivity contribution >= 4 is 23.4 Å². The predicted molar refractivity (Wildman–Crippen MR) is 103 cm³/mol. The van der Waals surface area contributed by atoms with E-state index < -0.39 is 11.9 Å². The van der Waals surface area contributed by atoms with Gasteiger partial charge >= 0.3 is 5.97 Å². The summed E-state index contributed by atoms with van der Waals surface area (Å²) in [6.07, 6.45) is -0.268. The number of aryl methyl sites for hydroxylation is 2. The Balaban J connectivity index is 2.16. The third-order valence-corrected chi connectivity index (χ3v) is 3.79. The molecular weight excluding hydrogens is 344 g/mol. The molecule has 0 atom stereocenters. The van der Waals surface area contributed by atoms with Crippen LogP contribution in [0.5, 0.6) is 0 Å². The van der Waals surface area contributed by atoms with Gasteiger partial charge in [0.1, 0.15) is 0 Å². The molecule has 27 heavy (non-hydrogen) atoms. The fraction of sp³-hybridized carbons (Fsp3) is 0.238. The highest BCUT2D eigenvalue weighted by Gasteiger charge is 2.19. The molecule has 0 aliphatic carbocycles. The Morgan fingerprint density at radius 3 is 2.30 bits per heavy atom. The van der Waals surface area contributed by atoms with Crippen LogP contribution in [-0.4, -0.2) is 30.0 Å². The highest BCUT2D eigenvalue weighted by molar-refractivity contribution is 6.40. The second-order valence-corrected chi connectivity index (χ2v) is 6.06. The van der Waals surface area contributed by atoms with Crippen LogP contribution >= 0.6 is 0 Å². The monoisotopic (exact) mass is 366 g/mol. The molecule has 2 aromatic rings. The highest BCUT2D eigenvalue weighted by atomic mass is 16.5. The van der Waals surface area contributed by atoms with E-state index in [1.165, 1.54) is 0 Å². The number of nitrogens with zero attached hydrogens (tertiary/aromatic N) is 1. The van der Waals surface area contributed by atoms with Gasteiger partial charge in [-0.15, -0.1) is 0 Å². The van der Waals surface area contributed by atoms with Gasteiger partial charge in [-0.3, -0.25) is 9.59 Å². The first-order chi connectivity index (χ1) is 12.9. The van der Waals surface area contributed by atoms with Crippen molar-refractivity contribution < 1.29 is 19.1 Å². The number of Topliss-reactive ketones (excluding diaryl/α,β-unsaturated/α-hetero) is 1. The third kappa shape index (κ3) is 5.88. The molecule has 0 radical (unpaired) electrons. The van der Waals surface area contributed by atoms with Crippen molar-refractivity contribution in [1.29, 1.82) is 0 Å². The summed E-state index contributed by atoms with van der Waals surface area (Å²) in [6, 6.07) is 14.0. The van der Waals surface area contributed by atoms with Gasteiger partial charge in [0.15, 0.2) is 11.5 Å². The van der Waals surface area contributed by atoms with Crippen molar-refractivity contribution in [3.05, 3.63) is 70.8 Å². The van der Waals surface area contributed by atoms with Gasteiger partial charge < -0.3 is 4.74 Å². The molecule has 0 aliphatic rings. The molecule has 0 saturated heterocycles. The number of ether oxygens (including phenoxy) is 1. The third-order valence-electron chi connectivity index (χ3n) is 3.79. The topological polar surface area (TPSA) is 84.8 Å². The van der Waals surface area contributed by atoms with Crippen LogP contribution in [0.3, 0.4) is 0 Å². The zero-order chi connectivity index (χ0) is 19.8. The van der Waals surface area contributed by atoms with Crippen molar-refractivity contribution in [2.75, 3.05) is 6.61 Å². The Bertz CT molecular complexity index is 870. The van der Waals surface area contributed by atoms with Crippen LogP contribution in [0, 0.1) is 13.8 Å². The lowest BCUT2D eigenvalue weighted by Gasteiger charge is -2.07. The number of hydrazone groups is 1. The number of benzene rings is 2. The van der Waals surface area contributed by atoms with Crippen LogP contribution in [-0.2, 0) is 9.53 Å². The number of ketones is 1. The summed E-state index contributed by atoms with van der Waals surface area (Å²) in [6.45, 7) is 5.58. The first-order valence-electron chi connectivity index (χ1n) is 8.61. The van der Waals surface area contributed by atoms with Crippen LogP contribution in [0.1, 0.15) is 45.2 Å². The number of hydrogen-bond donors (Lipinski definition) is 1. The fourth-order valence-electron chi connectivity index (χ4n) is 2.33. The van der Waals surface area contributed by atoms with Crippen LogP contribution in [0.15, 0.2) is 53.6 Å². The molecule has 0 bridgehead atoms. The minimum atomic E-state index is -0.734. The smallest absolute Gasteiger partial charge is 0.354 e. The van der Waals surface area contributed by atoms with E-state index in [0.717, 1.165) is 11.1 Å². The predicted octanol–water partition coefficient (Wildman–Crippen LogP) is 3.23. The largest absolute Gasteiger partial charge is 0.461 e. The lowest BCUT2D eigenvalue weighted by Crippen LogP contribution is -2.27. The normalized spacial score (nSPS) is 11.0. The van der Waals surface area contributed by atoms with Crippen molar-refractivity contribution in [2.45, 2.75) is 27.2 Å². The van der Waals surface area contributed by atoms with Crippen LogP contribution in [0.2, 0.25) is 0 Å². The first kappa shape index (κ1) is 20.0. The molecule has 140 valence electrons. The number of esters is 1. The zero-order valence-electron chi connectivity index (χ0n) is 15.6. The molecule has 0 unspecified atom stereocenters. The molecule has 0 aliphatic heterocycles. The SMILES string of the molecule is CCOC(=O)/C(CC(=O)c1ccc(C)cc1)=N/NC(=O)c1cccc(C)c1. The average molecular weight is 366 g/mol. The zero-order valence-corrected chi connectivity index (χ0v) is 15.6. The van der Waals surface area contributed by atoms with Gasteiger partial charge in [0, 0.05) is 11.1 Å². The number of carbonyl (C=O) groups excluding carboxylic acids is 3. The first-order valence-corrected chi connectivity index (χ1v) is 8.61. The summed E-state index contributed by atoms with van der Waals surface area (Å²) in [4.78, 5) is 36.8. The highest BCUT2D eigenvalue weighted by Crippen LogP contribution is 2.08. The lowest BCUT2D eigenvalue weighted by atomic mass is 10.0. The molecular formula is C21H22N2O4. The second kappa shape index (κ2) is 9.43. The van der Waals surface area contributed by atoms with Crippen LogP contribution in [0.4, 0.5) is 0 Å². The Morgan fingerprint density at radius 2 is 1.67 bits per heavy atom. The quantitative estimate of drug-likeness (QED) is 0.353. The van der Waals surface area contributed by atoms with Gasteiger partial charge in [-0.1, -0.05) is 47.5 Å². The molecule has 0 spiro atoms. The second-order valence-electron chi connectivity index (χ2n) is 6.06. The van der Waals surface area contributed by atoms with E-state index in [9.17, 15) is 14.4 Å². The van der Waals surface area contributed by atoms with Crippen LogP contribution < -0.4 is 5.43 Å². The van der Waals surface area contributed by atoms with Crippen molar-refractivity contribution in [1.82, 2.24) is 5.43 Å². The van der Waals surface area contributed by atoms with E-state index in [2.05, 4.69) is 10.5 Å². The molecule has 6 heteroatoms. The maximum absolute atomic E-state index is 12.4. The summed E-state index contributed by atoms with van der Waals surface area (Å²) in [5.74, 6) is -1.49. The molecule has 2 aromatic carbocycles. The number of rotatable bonds is 7. The Hall–Kier alpha value is -3.28. The molecule has 0 fully saturated rings. The number of carbonyl (C=O) groups is 3. The summed E-state index contributed by atoms with van der Waals surface area (Å²) in [5, 5.41) is 3.85. The van der Waals surface area contributed by atoms with Gasteiger partial charge in [-0.25, -0.2) is 10.2 Å². The van der Waals surface area contributed by atoms with Gasteiger partial charge in [-0.05, 0) is 32.9 Å². The van der Waals surface area contributed by atoms with Gasteiger partial charge in [-0.2, -0.15) is 5.10 Å². The van der Waals surface area contributed by atoms with E-state index in [-0.39, 0.29) is 24.5 Å². The molecule has 0 aromatic heterocycles. The standard InChI is InChI=1S/C21H22N2O4/c1-4-27-21(26)18(13-19(24)16-10-8-14(2)9-11-16)22-23-20(25)17-7-5-6-15(3)12-17/h5-12H,4,13H2,1-3H3,(H,23,25)/b22-18+. The van der Waals surface area contributed by atoms with Crippen LogP contribution in [0.25, 0.3) is 0 Å². The van der Waals surface area contributed by atoms with E-state index in [1.807, 2.05) is 32.0 Å². The molecule has 0 saturated carbocycles. The maximum Gasteiger partial charge on any atom is 0.354 e. The summed E-state index contributed by atoms with van der Waals surface area (Å²) < 4.78 is 4.94. The van der Waals surface area contributed by atoms with Crippen molar-refractivity contribution in [3.63, 3.8) is 0 Å². The van der Waals surface area contributed by atoms with Crippen molar-refractivity contribution in [3.8, 4) is 0 Å². The minimum absolute atomic E-state index is 0.141. The van der Waals surface area contributed by atoms with E-state index in [4.69, 9.17) is 4.74 Å². The summed E-state index contributed by atoms with van der Waals surface area (Å²) >= 11 is 0. The number of hydrogen-bond acceptors (Lipinski definition) is 5. The lowest BCUT2D eigenvalue weighted by molar-refractivity contribution is -0.135. The van der Waals surface area contributed by atoms with E-state index in [1.54, 1.807) is 37.3 Å². The fourth-order valence-corrected chi connectivity index (χ4v) is 2.33. The molecule has 1 amide bonds. The number of nitrogens with one attached hydrogen (secondary N) is 1. The maximum atomic E-state index is 12.4. The van der Waals surface area contributed by atoms with E-state index >= 15 is 0 Å². The molecule has 6 nitrogen and oxygen atoms in total. The Morgan fingerprint density at radius 1 is 0.963 bits per heavy atom.